The smallest absolute Gasteiger partial charge is 0.394 e. The van der Waals surface area contributed by atoms with Crippen LogP contribution in [0.2, 0.25) is 0 Å². The van der Waals surface area contributed by atoms with Gasteiger partial charge in [-0.2, -0.15) is 13.2 Å². The van der Waals surface area contributed by atoms with Gasteiger partial charge in [-0.3, -0.25) is 14.3 Å². The molecule has 0 saturated carbocycles. The molecule has 1 aliphatic heterocycles. The molecular formula is C10H11F3N2O5. The zero-order valence-corrected chi connectivity index (χ0v) is 9.87. The number of aromatic amines is 1. The van der Waals surface area contributed by atoms with Crippen molar-refractivity contribution in [3.8, 4) is 0 Å². The van der Waals surface area contributed by atoms with Gasteiger partial charge in [-0.05, 0) is 0 Å². The van der Waals surface area contributed by atoms with Crippen molar-refractivity contribution in [2.75, 3.05) is 6.61 Å². The summed E-state index contributed by atoms with van der Waals surface area (Å²) in [5.74, 6) is -2.32. The van der Waals surface area contributed by atoms with Crippen molar-refractivity contribution in [2.24, 2.45) is 5.92 Å². The Bertz CT molecular complexity index is 596. The molecule has 1 fully saturated rings. The van der Waals surface area contributed by atoms with Crippen molar-refractivity contribution in [3.05, 3.63) is 33.1 Å². The largest absolute Gasteiger partial charge is 0.397 e. The molecule has 0 radical (unpaired) electrons. The number of H-pyrrole nitrogens is 1. The Morgan fingerprint density at radius 1 is 1.40 bits per heavy atom. The van der Waals surface area contributed by atoms with Crippen LogP contribution in [0.4, 0.5) is 13.2 Å². The maximum Gasteiger partial charge on any atom is 0.397 e. The zero-order chi connectivity index (χ0) is 15.1. The van der Waals surface area contributed by atoms with Gasteiger partial charge in [0.25, 0.3) is 5.56 Å². The van der Waals surface area contributed by atoms with Crippen molar-refractivity contribution < 1.29 is 28.1 Å². The van der Waals surface area contributed by atoms with Gasteiger partial charge in [0.2, 0.25) is 0 Å². The highest BCUT2D eigenvalue weighted by molar-refractivity contribution is 4.95. The Hall–Kier alpha value is -1.65. The van der Waals surface area contributed by atoms with Gasteiger partial charge in [-0.25, -0.2) is 4.79 Å². The van der Waals surface area contributed by atoms with Crippen LogP contribution in [0.25, 0.3) is 0 Å². The van der Waals surface area contributed by atoms with Crippen molar-refractivity contribution in [1.82, 2.24) is 9.55 Å². The van der Waals surface area contributed by atoms with Crippen LogP contribution in [0.5, 0.6) is 0 Å². The number of hydrogen-bond donors (Lipinski definition) is 3. The molecule has 0 amide bonds. The monoisotopic (exact) mass is 296 g/mol. The maximum absolute atomic E-state index is 12.8. The zero-order valence-electron chi connectivity index (χ0n) is 9.87. The van der Waals surface area contributed by atoms with E-state index in [1.807, 2.05) is 4.98 Å². The average Bonchev–Trinajstić information content (AvgIpc) is 2.66. The van der Waals surface area contributed by atoms with E-state index in [0.29, 0.717) is 4.57 Å². The van der Waals surface area contributed by atoms with Gasteiger partial charge in [0.05, 0.1) is 12.7 Å². The van der Waals surface area contributed by atoms with Gasteiger partial charge < -0.3 is 14.9 Å². The number of rotatable bonds is 2. The summed E-state index contributed by atoms with van der Waals surface area (Å²) in [6, 6.07) is 0.909. The summed E-state index contributed by atoms with van der Waals surface area (Å²) in [6.45, 7) is -0.962. The first-order chi connectivity index (χ1) is 9.25. The predicted molar refractivity (Wildman–Crippen MR) is 57.9 cm³/mol. The molecular weight excluding hydrogens is 285 g/mol. The topological polar surface area (TPSA) is 105 Å². The summed E-state index contributed by atoms with van der Waals surface area (Å²) in [7, 11) is 0. The summed E-state index contributed by atoms with van der Waals surface area (Å²) in [5, 5.41) is 18.6. The third kappa shape index (κ3) is 2.49. The highest BCUT2D eigenvalue weighted by Gasteiger charge is 2.57. The first-order valence-electron chi connectivity index (χ1n) is 5.58. The molecule has 3 N–H and O–H groups in total. The minimum atomic E-state index is -4.80. The second kappa shape index (κ2) is 5.04. The van der Waals surface area contributed by atoms with E-state index in [9.17, 15) is 27.9 Å². The molecule has 2 heterocycles. The molecule has 4 atom stereocenters. The van der Waals surface area contributed by atoms with Crippen LogP contribution in [0, 0.1) is 5.92 Å². The molecule has 0 aromatic carbocycles. The standard InChI is InChI=1S/C10H11F3N2O5/c11-10(12,13)6-4(3-16)20-8(7(6)18)15-2-1-5(17)14-9(15)19/h1-2,4,6-8,16,18H,3H2,(H,14,17,19)/t4-,6+,7-,8-/m1/s1. The molecule has 0 spiro atoms. The molecule has 1 aromatic heterocycles. The molecule has 1 aromatic rings. The fourth-order valence-corrected chi connectivity index (χ4v) is 2.16. The van der Waals surface area contributed by atoms with Crippen LogP contribution in [0.15, 0.2) is 21.9 Å². The Morgan fingerprint density at radius 3 is 2.50 bits per heavy atom. The summed E-state index contributed by atoms with van der Waals surface area (Å²) < 4.78 is 43.9. The number of alkyl halides is 3. The van der Waals surface area contributed by atoms with E-state index in [4.69, 9.17) is 9.84 Å². The minimum absolute atomic E-state index is 0.639. The van der Waals surface area contributed by atoms with Gasteiger partial charge in [0.1, 0.15) is 12.0 Å². The predicted octanol–water partition coefficient (Wildman–Crippen LogP) is -1.03. The molecule has 0 unspecified atom stereocenters. The van der Waals surface area contributed by atoms with Crippen molar-refractivity contribution in [2.45, 2.75) is 24.6 Å². The second-order valence-electron chi connectivity index (χ2n) is 4.32. The van der Waals surface area contributed by atoms with Crippen molar-refractivity contribution in [1.29, 1.82) is 0 Å². The first-order valence-corrected chi connectivity index (χ1v) is 5.58. The Kier molecular flexibility index (Phi) is 3.71. The van der Waals surface area contributed by atoms with E-state index in [-0.39, 0.29) is 0 Å². The van der Waals surface area contributed by atoms with Gasteiger partial charge >= 0.3 is 11.9 Å². The third-order valence-electron chi connectivity index (χ3n) is 3.06. The quantitative estimate of drug-likeness (QED) is 0.647. The highest BCUT2D eigenvalue weighted by Crippen LogP contribution is 2.42. The summed E-state index contributed by atoms with van der Waals surface area (Å²) in [6.07, 6.45) is -9.28. The number of nitrogens with one attached hydrogen (secondary N) is 1. The van der Waals surface area contributed by atoms with E-state index in [2.05, 4.69) is 0 Å². The van der Waals surface area contributed by atoms with E-state index in [1.54, 1.807) is 0 Å². The average molecular weight is 296 g/mol. The number of ether oxygens (including phenoxy) is 1. The van der Waals surface area contributed by atoms with E-state index in [1.165, 1.54) is 0 Å². The SMILES string of the molecule is O=c1ccn([C@@H]2O[C@H](CO)[C@H](C(F)(F)F)[C@H]2O)c(=O)[nH]1. The van der Waals surface area contributed by atoms with Gasteiger partial charge in [0.15, 0.2) is 6.23 Å². The number of aliphatic hydroxyl groups excluding tert-OH is 2. The van der Waals surface area contributed by atoms with E-state index < -0.39 is 48.4 Å². The molecule has 2 rings (SSSR count). The summed E-state index contributed by atoms with van der Waals surface area (Å²) >= 11 is 0. The van der Waals surface area contributed by atoms with Crippen LogP contribution < -0.4 is 11.2 Å². The Balaban J connectivity index is 2.40. The van der Waals surface area contributed by atoms with Gasteiger partial charge in [0, 0.05) is 12.3 Å². The van der Waals surface area contributed by atoms with Crippen LogP contribution in [-0.2, 0) is 4.74 Å². The molecule has 20 heavy (non-hydrogen) atoms. The van der Waals surface area contributed by atoms with Gasteiger partial charge in [-0.1, -0.05) is 0 Å². The van der Waals surface area contributed by atoms with Crippen LogP contribution in [0.1, 0.15) is 6.23 Å². The Labute approximate surface area is 109 Å². The van der Waals surface area contributed by atoms with Crippen LogP contribution >= 0.6 is 0 Å². The molecule has 7 nitrogen and oxygen atoms in total. The second-order valence-corrected chi connectivity index (χ2v) is 4.32. The number of nitrogens with zero attached hydrogens (tertiary/aromatic N) is 1. The lowest BCUT2D eigenvalue weighted by Crippen LogP contribution is -2.41. The number of hydrogen-bond acceptors (Lipinski definition) is 5. The normalized spacial score (nSPS) is 30.6. The van der Waals surface area contributed by atoms with Crippen LogP contribution in [0.3, 0.4) is 0 Å². The lowest BCUT2D eigenvalue weighted by molar-refractivity contribution is -0.205. The maximum atomic E-state index is 12.8. The van der Waals surface area contributed by atoms with Crippen molar-refractivity contribution >= 4 is 0 Å². The molecule has 112 valence electrons. The summed E-state index contributed by atoms with van der Waals surface area (Å²) in [5.41, 5.74) is -1.74. The lowest BCUT2D eigenvalue weighted by atomic mass is 9.98. The fraction of sp³-hybridized carbons (Fsp3) is 0.600. The lowest BCUT2D eigenvalue weighted by Gasteiger charge is -2.21. The van der Waals surface area contributed by atoms with Crippen LogP contribution in [-0.4, -0.2) is 44.8 Å². The molecule has 1 saturated heterocycles. The fourth-order valence-electron chi connectivity index (χ4n) is 2.16. The van der Waals surface area contributed by atoms with E-state index >= 15 is 0 Å². The van der Waals surface area contributed by atoms with Gasteiger partial charge in [-0.15, -0.1) is 0 Å². The molecule has 0 aliphatic carbocycles. The number of halogens is 3. The first kappa shape index (κ1) is 14.8. The molecule has 0 bridgehead atoms. The summed E-state index contributed by atoms with van der Waals surface area (Å²) in [4.78, 5) is 24.2. The number of aromatic nitrogens is 2. The minimum Gasteiger partial charge on any atom is -0.394 e. The number of aliphatic hydroxyl groups is 2. The Morgan fingerprint density at radius 2 is 2.05 bits per heavy atom. The molecule has 1 aliphatic rings. The molecule has 10 heteroatoms. The highest BCUT2D eigenvalue weighted by atomic mass is 19.4. The third-order valence-corrected chi connectivity index (χ3v) is 3.06. The van der Waals surface area contributed by atoms with E-state index in [0.717, 1.165) is 12.3 Å². The van der Waals surface area contributed by atoms with Crippen molar-refractivity contribution in [3.63, 3.8) is 0 Å².